The Hall–Kier alpha value is -3.09. The van der Waals surface area contributed by atoms with E-state index in [2.05, 4.69) is 32.1 Å². The normalized spacial score (nSPS) is 26.8. The van der Waals surface area contributed by atoms with Crippen molar-refractivity contribution >= 4 is 35.0 Å². The first kappa shape index (κ1) is 31.3. The molecule has 1 N–H and O–H groups in total. The number of halogens is 4. The number of benzene rings is 1. The van der Waals surface area contributed by atoms with E-state index in [1.54, 1.807) is 6.07 Å². The van der Waals surface area contributed by atoms with E-state index in [1.807, 2.05) is 31.9 Å². The number of piperazine rings is 1. The van der Waals surface area contributed by atoms with Crippen LogP contribution in [0.1, 0.15) is 38.7 Å². The summed E-state index contributed by atoms with van der Waals surface area (Å²) in [5.74, 6) is -4.30. The second-order valence-electron chi connectivity index (χ2n) is 12.3. The molecule has 3 atom stereocenters. The van der Waals surface area contributed by atoms with Gasteiger partial charge in [0, 0.05) is 62.2 Å². The van der Waals surface area contributed by atoms with Crippen LogP contribution in [-0.4, -0.2) is 110 Å². The van der Waals surface area contributed by atoms with E-state index in [4.69, 9.17) is 0 Å². The SMILES string of the molecule is C[C@@H]1CN(c2cc(F)c(C3=CCN(C4CCN(C)CC4)CC3)cc2NC(=O)C2C=NC(=O)C=C2C(F)(F)F)C[C@H](C)N1C. The number of amides is 2. The fourth-order valence-electron chi connectivity index (χ4n) is 6.56. The number of dihydropyridines is 1. The van der Waals surface area contributed by atoms with E-state index in [-0.39, 0.29) is 17.8 Å². The summed E-state index contributed by atoms with van der Waals surface area (Å²) in [6.07, 6.45) is 1.01. The maximum absolute atomic E-state index is 15.9. The van der Waals surface area contributed by atoms with Crippen LogP contribution in [0, 0.1) is 11.7 Å². The molecule has 0 saturated carbocycles. The Bertz CT molecular complexity index is 1320. The number of nitrogens with zero attached hydrogens (tertiary/aromatic N) is 5. The van der Waals surface area contributed by atoms with Crippen molar-refractivity contribution in [2.75, 3.05) is 63.6 Å². The minimum atomic E-state index is -4.89. The van der Waals surface area contributed by atoms with Crippen molar-refractivity contribution in [1.29, 1.82) is 0 Å². The van der Waals surface area contributed by atoms with E-state index in [0.717, 1.165) is 44.3 Å². The third kappa shape index (κ3) is 6.86. The largest absolute Gasteiger partial charge is 0.414 e. The summed E-state index contributed by atoms with van der Waals surface area (Å²) < 4.78 is 57.2. The number of nitrogens with one attached hydrogen (secondary N) is 1. The van der Waals surface area contributed by atoms with Gasteiger partial charge in [-0.25, -0.2) is 9.38 Å². The van der Waals surface area contributed by atoms with Gasteiger partial charge in [0.05, 0.1) is 16.9 Å². The maximum atomic E-state index is 15.9. The first-order chi connectivity index (χ1) is 20.3. The van der Waals surface area contributed by atoms with E-state index in [9.17, 15) is 22.8 Å². The number of aliphatic imine (C=N–C) groups is 1. The van der Waals surface area contributed by atoms with Crippen LogP contribution in [0.25, 0.3) is 5.57 Å². The second-order valence-corrected chi connectivity index (χ2v) is 12.3. The predicted molar refractivity (Wildman–Crippen MR) is 160 cm³/mol. The van der Waals surface area contributed by atoms with Crippen molar-refractivity contribution < 1.29 is 27.2 Å². The summed E-state index contributed by atoms with van der Waals surface area (Å²) in [7, 11) is 4.13. The fourth-order valence-corrected chi connectivity index (χ4v) is 6.56. The molecule has 0 aliphatic carbocycles. The van der Waals surface area contributed by atoms with E-state index in [0.29, 0.717) is 49.4 Å². The molecule has 1 unspecified atom stereocenters. The average Bonchev–Trinajstić information content (AvgIpc) is 2.96. The highest BCUT2D eigenvalue weighted by Crippen LogP contribution is 2.38. The number of hydrogen-bond donors (Lipinski definition) is 1. The van der Waals surface area contributed by atoms with Crippen LogP contribution in [0.4, 0.5) is 28.9 Å². The van der Waals surface area contributed by atoms with Gasteiger partial charge in [-0.15, -0.1) is 0 Å². The monoisotopic (exact) mass is 604 g/mol. The molecular weight excluding hydrogens is 564 g/mol. The standard InChI is InChI=1S/C31H40F4N6O2/c1-19-17-41(18-20(2)39(19)4)28-15-26(32)23(21-5-11-40(12-6-21)22-7-9-38(3)10-8-22)13-27(28)37-30(43)24-16-36-29(42)14-25(24)31(33,34)35/h5,13-16,19-20,22,24H,6-12,17-18H2,1-4H3,(H,37,43)/t19-,20+,24?. The lowest BCUT2D eigenvalue weighted by atomic mass is 9.94. The number of carbonyl (C=O) groups excluding carboxylic acids is 2. The van der Waals surface area contributed by atoms with E-state index >= 15 is 4.39 Å². The molecule has 4 aliphatic rings. The quantitative estimate of drug-likeness (QED) is 0.509. The van der Waals surface area contributed by atoms with Gasteiger partial charge < -0.3 is 15.1 Å². The van der Waals surface area contributed by atoms with Crippen molar-refractivity contribution in [3.8, 4) is 0 Å². The summed E-state index contributed by atoms with van der Waals surface area (Å²) in [6.45, 7) is 8.74. The van der Waals surface area contributed by atoms with Crippen molar-refractivity contribution in [3.05, 3.63) is 41.2 Å². The topological polar surface area (TPSA) is 71.5 Å². The molecule has 0 radical (unpaired) electrons. The summed E-state index contributed by atoms with van der Waals surface area (Å²) in [5.41, 5.74) is 0.503. The lowest BCUT2D eigenvalue weighted by molar-refractivity contribution is -0.124. The van der Waals surface area contributed by atoms with E-state index in [1.165, 1.54) is 6.07 Å². The van der Waals surface area contributed by atoms with Gasteiger partial charge in [0.2, 0.25) is 5.91 Å². The van der Waals surface area contributed by atoms with Crippen LogP contribution in [0.2, 0.25) is 0 Å². The van der Waals surface area contributed by atoms with Crippen LogP contribution >= 0.6 is 0 Å². The highest BCUT2D eigenvalue weighted by atomic mass is 19.4. The van der Waals surface area contributed by atoms with Crippen molar-refractivity contribution in [2.24, 2.45) is 10.9 Å². The van der Waals surface area contributed by atoms with Crippen LogP contribution in [0.15, 0.2) is 34.9 Å². The first-order valence-corrected chi connectivity index (χ1v) is 14.9. The molecule has 0 aromatic heterocycles. The zero-order chi connectivity index (χ0) is 31.1. The Morgan fingerprint density at radius 2 is 1.72 bits per heavy atom. The number of alkyl halides is 3. The van der Waals surface area contributed by atoms with Gasteiger partial charge in [0.1, 0.15) is 11.7 Å². The third-order valence-electron chi connectivity index (χ3n) is 9.41. The van der Waals surface area contributed by atoms with Gasteiger partial charge in [0.15, 0.2) is 0 Å². The van der Waals surface area contributed by atoms with E-state index < -0.39 is 35.3 Å². The predicted octanol–water partition coefficient (Wildman–Crippen LogP) is 4.19. The number of likely N-dealkylation sites (tertiary alicyclic amines) is 1. The van der Waals surface area contributed by atoms with Gasteiger partial charge >= 0.3 is 6.18 Å². The minimum Gasteiger partial charge on any atom is -0.367 e. The fraction of sp³-hybridized carbons (Fsp3) is 0.581. The molecule has 2 fully saturated rings. The van der Waals surface area contributed by atoms with Crippen molar-refractivity contribution in [3.63, 3.8) is 0 Å². The minimum absolute atomic E-state index is 0.123. The van der Waals surface area contributed by atoms with Crippen LogP contribution in [0.5, 0.6) is 0 Å². The van der Waals surface area contributed by atoms with Crippen molar-refractivity contribution in [1.82, 2.24) is 14.7 Å². The lowest BCUT2D eigenvalue weighted by Gasteiger charge is -2.44. The van der Waals surface area contributed by atoms with Gasteiger partial charge in [-0.05, 0) is 78.0 Å². The number of anilines is 2. The van der Waals surface area contributed by atoms with Gasteiger partial charge in [-0.2, -0.15) is 13.2 Å². The Morgan fingerprint density at radius 1 is 1.05 bits per heavy atom. The molecule has 2 saturated heterocycles. The van der Waals surface area contributed by atoms with Crippen LogP contribution in [-0.2, 0) is 9.59 Å². The van der Waals surface area contributed by atoms with Crippen molar-refractivity contribution in [2.45, 2.75) is 57.4 Å². The van der Waals surface area contributed by atoms with Gasteiger partial charge in [-0.3, -0.25) is 19.4 Å². The first-order valence-electron chi connectivity index (χ1n) is 14.9. The third-order valence-corrected chi connectivity index (χ3v) is 9.41. The molecule has 2 amide bonds. The smallest absolute Gasteiger partial charge is 0.367 e. The molecule has 5 rings (SSSR count). The van der Waals surface area contributed by atoms with Gasteiger partial charge in [0.25, 0.3) is 5.91 Å². The molecule has 1 aromatic carbocycles. The number of rotatable bonds is 5. The Morgan fingerprint density at radius 3 is 2.33 bits per heavy atom. The molecule has 1 aromatic rings. The zero-order valence-corrected chi connectivity index (χ0v) is 25.1. The highest BCUT2D eigenvalue weighted by molar-refractivity contribution is 6.11. The molecule has 12 heteroatoms. The zero-order valence-electron chi connectivity index (χ0n) is 25.1. The number of carbonyl (C=O) groups is 2. The van der Waals surface area contributed by atoms with Crippen LogP contribution < -0.4 is 10.2 Å². The lowest BCUT2D eigenvalue weighted by Crippen LogP contribution is -2.55. The molecule has 234 valence electrons. The summed E-state index contributed by atoms with van der Waals surface area (Å²) >= 11 is 0. The molecule has 4 heterocycles. The molecule has 0 spiro atoms. The average molecular weight is 605 g/mol. The summed E-state index contributed by atoms with van der Waals surface area (Å²) in [5, 5.41) is 2.66. The van der Waals surface area contributed by atoms with Crippen LogP contribution in [0.3, 0.4) is 0 Å². The summed E-state index contributed by atoms with van der Waals surface area (Å²) in [6, 6.07) is 3.67. The Labute approximate surface area is 250 Å². The number of likely N-dealkylation sites (N-methyl/N-ethyl adjacent to an activating group) is 1. The number of piperidine rings is 1. The summed E-state index contributed by atoms with van der Waals surface area (Å²) in [4.78, 5) is 37.3. The maximum Gasteiger partial charge on any atom is 0.414 e. The Balaban J connectivity index is 1.45. The number of hydrogen-bond acceptors (Lipinski definition) is 6. The molecular formula is C31H40F4N6O2. The highest BCUT2D eigenvalue weighted by Gasteiger charge is 2.43. The molecule has 8 nitrogen and oxygen atoms in total. The Kier molecular flexibility index (Phi) is 9.10. The second kappa shape index (κ2) is 12.5. The van der Waals surface area contributed by atoms with Gasteiger partial charge in [-0.1, -0.05) is 6.08 Å². The molecule has 43 heavy (non-hydrogen) atoms. The molecule has 4 aliphatic heterocycles. The molecule has 0 bridgehead atoms.